The van der Waals surface area contributed by atoms with Crippen molar-refractivity contribution in [3.63, 3.8) is 0 Å². The summed E-state index contributed by atoms with van der Waals surface area (Å²) in [5, 5.41) is 20.9. The van der Waals surface area contributed by atoms with E-state index in [9.17, 15) is 36.2 Å². The molecule has 15 nitrogen and oxygen atoms in total. The Hall–Kier alpha value is -2.67. The quantitative estimate of drug-likeness (QED) is 0.129. The molecule has 0 bridgehead atoms. The van der Waals surface area contributed by atoms with Crippen LogP contribution in [0.5, 0.6) is 0 Å². The highest BCUT2D eigenvalue weighted by molar-refractivity contribution is 7.86. The van der Waals surface area contributed by atoms with Crippen LogP contribution in [0.1, 0.15) is 0 Å². The number of hydrogen-bond donors (Lipinski definition) is 7. The number of hydrazine groups is 1. The van der Waals surface area contributed by atoms with Crippen molar-refractivity contribution in [3.8, 4) is 0 Å². The molecule has 0 saturated heterocycles. The van der Waals surface area contributed by atoms with Crippen molar-refractivity contribution in [1.82, 2.24) is 20.4 Å². The molecule has 7 N–H and O–H groups in total. The molecule has 160 valence electrons. The van der Waals surface area contributed by atoms with Crippen molar-refractivity contribution < 1.29 is 36.2 Å². The van der Waals surface area contributed by atoms with Gasteiger partial charge in [0.15, 0.2) is 0 Å². The minimum absolute atomic E-state index is 0.119. The standard InChI is InChI=1S/C12H17N7O8S2/c1-13-18-11-15-10(16-12(17-11)19(5-20)6-21)14-8-4-7(28(22,23)24)2-3-9(8)29(25,26)27/h2-4,13,20-21H,5-6H2,1H3,(H,22,23,24)(H,25,26,27)(H2,14,15,16,17,18). The maximum Gasteiger partial charge on any atom is 0.296 e. The van der Waals surface area contributed by atoms with Gasteiger partial charge in [-0.25, -0.2) is 5.43 Å². The van der Waals surface area contributed by atoms with Crippen LogP contribution in [0, 0.1) is 0 Å². The summed E-state index contributed by atoms with van der Waals surface area (Å²) >= 11 is 0. The summed E-state index contributed by atoms with van der Waals surface area (Å²) in [4.78, 5) is 11.2. The molecule has 2 aromatic rings. The number of rotatable bonds is 9. The molecular weight excluding hydrogens is 434 g/mol. The Kier molecular flexibility index (Phi) is 6.85. The van der Waals surface area contributed by atoms with E-state index in [0.29, 0.717) is 0 Å². The Labute approximate surface area is 164 Å². The summed E-state index contributed by atoms with van der Waals surface area (Å²) in [6.07, 6.45) is 0. The van der Waals surface area contributed by atoms with Crippen molar-refractivity contribution >= 4 is 43.8 Å². The highest BCUT2D eigenvalue weighted by atomic mass is 32.2. The number of anilines is 4. The highest BCUT2D eigenvalue weighted by Crippen LogP contribution is 2.27. The molecular formula is C12H17N7O8S2. The Morgan fingerprint density at radius 3 is 2.10 bits per heavy atom. The third kappa shape index (κ3) is 5.67. The van der Waals surface area contributed by atoms with E-state index in [1.807, 2.05) is 0 Å². The van der Waals surface area contributed by atoms with Gasteiger partial charge in [0.1, 0.15) is 18.4 Å². The number of nitrogens with one attached hydrogen (secondary N) is 3. The Balaban J connectivity index is 2.62. The van der Waals surface area contributed by atoms with E-state index in [0.717, 1.165) is 23.1 Å². The van der Waals surface area contributed by atoms with Crippen LogP contribution in [0.3, 0.4) is 0 Å². The molecule has 2 rings (SSSR count). The largest absolute Gasteiger partial charge is 0.376 e. The van der Waals surface area contributed by atoms with Crippen LogP contribution < -0.4 is 21.1 Å². The topological polar surface area (TPSA) is 227 Å². The summed E-state index contributed by atoms with van der Waals surface area (Å²) in [5.41, 5.74) is 4.55. The zero-order chi connectivity index (χ0) is 21.8. The summed E-state index contributed by atoms with van der Waals surface area (Å²) in [6.45, 7) is -1.35. The Bertz CT molecular complexity index is 1090. The molecule has 0 radical (unpaired) electrons. The minimum Gasteiger partial charge on any atom is -0.376 e. The van der Waals surface area contributed by atoms with Crippen molar-refractivity contribution in [2.45, 2.75) is 9.79 Å². The van der Waals surface area contributed by atoms with Gasteiger partial charge in [-0.2, -0.15) is 31.8 Å². The van der Waals surface area contributed by atoms with Crippen LogP contribution >= 0.6 is 0 Å². The summed E-state index contributed by atoms with van der Waals surface area (Å²) in [5.74, 6) is -0.701. The van der Waals surface area contributed by atoms with Gasteiger partial charge in [0.25, 0.3) is 20.2 Å². The number of aliphatic hydroxyl groups is 2. The van der Waals surface area contributed by atoms with Gasteiger partial charge in [0, 0.05) is 7.05 Å². The molecule has 0 aliphatic carbocycles. The summed E-state index contributed by atoms with van der Waals surface area (Å²) in [6, 6.07) is 2.27. The number of nitrogens with zero attached hydrogens (tertiary/aromatic N) is 4. The normalized spacial score (nSPS) is 11.9. The molecule has 1 aromatic heterocycles. The maximum atomic E-state index is 11.6. The number of aromatic nitrogens is 3. The molecule has 0 amide bonds. The molecule has 0 saturated carbocycles. The molecule has 0 aliphatic rings. The van der Waals surface area contributed by atoms with Gasteiger partial charge in [0.2, 0.25) is 17.8 Å². The summed E-state index contributed by atoms with van der Waals surface area (Å²) < 4.78 is 64.4. The molecule has 1 heterocycles. The average Bonchev–Trinajstić information content (AvgIpc) is 2.61. The van der Waals surface area contributed by atoms with Crippen molar-refractivity contribution in [1.29, 1.82) is 0 Å². The van der Waals surface area contributed by atoms with Crippen molar-refractivity contribution in [2.24, 2.45) is 0 Å². The van der Waals surface area contributed by atoms with E-state index in [-0.39, 0.29) is 17.8 Å². The van der Waals surface area contributed by atoms with E-state index < -0.39 is 49.2 Å². The zero-order valence-corrected chi connectivity index (χ0v) is 16.3. The van der Waals surface area contributed by atoms with Crippen LogP contribution in [0.4, 0.5) is 23.5 Å². The second-order valence-electron chi connectivity index (χ2n) is 5.21. The third-order valence-corrected chi connectivity index (χ3v) is 5.02. The van der Waals surface area contributed by atoms with Crippen molar-refractivity contribution in [3.05, 3.63) is 18.2 Å². The van der Waals surface area contributed by atoms with Gasteiger partial charge in [-0.15, -0.1) is 0 Å². The number of hydrogen-bond acceptors (Lipinski definition) is 13. The van der Waals surface area contributed by atoms with Crippen LogP contribution in [0.15, 0.2) is 28.0 Å². The molecule has 0 atom stereocenters. The minimum atomic E-state index is -4.80. The van der Waals surface area contributed by atoms with Gasteiger partial charge in [0.05, 0.1) is 10.6 Å². The van der Waals surface area contributed by atoms with Gasteiger partial charge in [-0.05, 0) is 18.2 Å². The predicted octanol–water partition coefficient (Wildman–Crippen LogP) is -1.64. The van der Waals surface area contributed by atoms with Gasteiger partial charge < -0.3 is 15.5 Å². The van der Waals surface area contributed by atoms with Crippen LogP contribution in [-0.4, -0.2) is 71.6 Å². The second-order valence-corrected chi connectivity index (χ2v) is 8.02. The lowest BCUT2D eigenvalue weighted by molar-refractivity contribution is 0.220. The molecule has 0 aliphatic heterocycles. The van der Waals surface area contributed by atoms with Crippen LogP contribution in [0.25, 0.3) is 0 Å². The third-order valence-electron chi connectivity index (χ3n) is 3.26. The van der Waals surface area contributed by atoms with E-state index in [2.05, 4.69) is 31.1 Å². The first-order valence-electron chi connectivity index (χ1n) is 7.51. The Morgan fingerprint density at radius 2 is 1.59 bits per heavy atom. The fourth-order valence-corrected chi connectivity index (χ4v) is 3.15. The van der Waals surface area contributed by atoms with E-state index in [1.54, 1.807) is 0 Å². The smallest absolute Gasteiger partial charge is 0.296 e. The lowest BCUT2D eigenvalue weighted by atomic mass is 10.3. The first kappa shape index (κ1) is 22.6. The number of benzene rings is 1. The molecule has 0 unspecified atom stereocenters. The molecule has 0 spiro atoms. The van der Waals surface area contributed by atoms with E-state index in [1.165, 1.54) is 7.05 Å². The fraction of sp³-hybridized carbons (Fsp3) is 0.250. The average molecular weight is 451 g/mol. The first-order valence-corrected chi connectivity index (χ1v) is 10.4. The molecule has 29 heavy (non-hydrogen) atoms. The fourth-order valence-electron chi connectivity index (χ4n) is 2.01. The summed E-state index contributed by atoms with van der Waals surface area (Å²) in [7, 11) is -8.01. The molecule has 1 aromatic carbocycles. The first-order chi connectivity index (χ1) is 13.5. The maximum absolute atomic E-state index is 11.6. The van der Waals surface area contributed by atoms with Crippen molar-refractivity contribution in [2.75, 3.05) is 36.2 Å². The molecule has 0 fully saturated rings. The predicted molar refractivity (Wildman–Crippen MR) is 98.5 cm³/mol. The Morgan fingerprint density at radius 1 is 0.966 bits per heavy atom. The SMILES string of the molecule is CNNc1nc(Nc2cc(S(=O)(=O)O)ccc2S(=O)(=O)O)nc(N(CO)CO)n1. The molecule has 17 heteroatoms. The zero-order valence-electron chi connectivity index (χ0n) is 14.7. The van der Waals surface area contributed by atoms with Gasteiger partial charge in [-0.1, -0.05) is 0 Å². The van der Waals surface area contributed by atoms with Crippen LogP contribution in [-0.2, 0) is 20.2 Å². The monoisotopic (exact) mass is 451 g/mol. The number of aliphatic hydroxyl groups excluding tert-OH is 2. The van der Waals surface area contributed by atoms with E-state index in [4.69, 9.17) is 0 Å². The van der Waals surface area contributed by atoms with Gasteiger partial charge >= 0.3 is 0 Å². The lowest BCUT2D eigenvalue weighted by Gasteiger charge is -2.18. The van der Waals surface area contributed by atoms with Crippen LogP contribution in [0.2, 0.25) is 0 Å². The second kappa shape index (κ2) is 8.78. The van der Waals surface area contributed by atoms with Gasteiger partial charge in [-0.3, -0.25) is 19.4 Å². The lowest BCUT2D eigenvalue weighted by Crippen LogP contribution is -2.28. The highest BCUT2D eigenvalue weighted by Gasteiger charge is 2.21. The van der Waals surface area contributed by atoms with E-state index >= 15 is 0 Å².